The van der Waals surface area contributed by atoms with Crippen molar-refractivity contribution >= 4 is 6.41 Å². The Hall–Kier alpha value is -0.610. The summed E-state index contributed by atoms with van der Waals surface area (Å²) in [4.78, 5) is 15.8. The number of carbonyl (C=O) groups is 1. The van der Waals surface area contributed by atoms with Gasteiger partial charge in [0, 0.05) is 13.2 Å². The molecule has 0 unspecified atom stereocenters. The van der Waals surface area contributed by atoms with E-state index in [0.717, 1.165) is 6.42 Å². The lowest BCUT2D eigenvalue weighted by Crippen LogP contribution is -2.33. The van der Waals surface area contributed by atoms with E-state index in [2.05, 4.69) is 0 Å². The topological polar surface area (TPSA) is 49.8 Å². The second-order valence-electron chi connectivity index (χ2n) is 3.88. The van der Waals surface area contributed by atoms with E-state index in [9.17, 15) is 4.79 Å². The molecule has 1 amide bonds. The third-order valence-corrected chi connectivity index (χ3v) is 1.30. The van der Waals surface area contributed by atoms with Crippen LogP contribution in [0.5, 0.6) is 0 Å². The molecule has 0 aliphatic carbocycles. The standard InChI is InChI=1S/C9H19NO3/c1-9(2,3)13-10(8-12)6-4-5-7-11/h8,11H,4-7H2,1-3H3. The molecule has 0 aliphatic heterocycles. The Labute approximate surface area is 79.4 Å². The molecule has 0 heterocycles. The molecular weight excluding hydrogens is 170 g/mol. The fourth-order valence-electron chi connectivity index (χ4n) is 0.851. The van der Waals surface area contributed by atoms with Crippen molar-refractivity contribution in [2.75, 3.05) is 13.2 Å². The van der Waals surface area contributed by atoms with Gasteiger partial charge in [-0.15, -0.1) is 0 Å². The molecule has 0 atom stereocenters. The van der Waals surface area contributed by atoms with Crippen molar-refractivity contribution < 1.29 is 14.7 Å². The fraction of sp³-hybridized carbons (Fsp3) is 0.889. The maximum absolute atomic E-state index is 10.5. The lowest BCUT2D eigenvalue weighted by Gasteiger charge is -2.26. The number of hydrogen-bond donors (Lipinski definition) is 1. The van der Waals surface area contributed by atoms with Gasteiger partial charge < -0.3 is 5.11 Å². The first-order valence-electron chi connectivity index (χ1n) is 4.51. The number of carbonyl (C=O) groups excluding carboxylic acids is 1. The van der Waals surface area contributed by atoms with Crippen LogP contribution >= 0.6 is 0 Å². The van der Waals surface area contributed by atoms with Crippen molar-refractivity contribution in [3.05, 3.63) is 0 Å². The van der Waals surface area contributed by atoms with E-state index in [-0.39, 0.29) is 12.2 Å². The van der Waals surface area contributed by atoms with Crippen LogP contribution in [0, 0.1) is 0 Å². The second-order valence-corrected chi connectivity index (χ2v) is 3.88. The molecule has 4 heteroatoms. The highest BCUT2D eigenvalue weighted by Crippen LogP contribution is 2.09. The first kappa shape index (κ1) is 12.4. The van der Waals surface area contributed by atoms with Gasteiger partial charge in [-0.2, -0.15) is 0 Å². The second kappa shape index (κ2) is 5.94. The number of unbranched alkanes of at least 4 members (excludes halogenated alkanes) is 1. The fourth-order valence-corrected chi connectivity index (χ4v) is 0.851. The van der Waals surface area contributed by atoms with Gasteiger partial charge in [-0.05, 0) is 33.6 Å². The molecule has 0 aromatic heterocycles. The highest BCUT2D eigenvalue weighted by atomic mass is 16.7. The zero-order chi connectivity index (χ0) is 10.3. The summed E-state index contributed by atoms with van der Waals surface area (Å²) in [6, 6.07) is 0. The summed E-state index contributed by atoms with van der Waals surface area (Å²) in [6.45, 7) is 6.34. The van der Waals surface area contributed by atoms with Crippen LogP contribution in [0.1, 0.15) is 33.6 Å². The number of hydrogen-bond acceptors (Lipinski definition) is 3. The third-order valence-electron chi connectivity index (χ3n) is 1.30. The van der Waals surface area contributed by atoms with Crippen molar-refractivity contribution in [1.29, 1.82) is 0 Å². The average molecular weight is 189 g/mol. The van der Waals surface area contributed by atoms with Crippen LogP contribution in [0.2, 0.25) is 0 Å². The largest absolute Gasteiger partial charge is 0.396 e. The highest BCUT2D eigenvalue weighted by Gasteiger charge is 2.15. The van der Waals surface area contributed by atoms with Gasteiger partial charge in [0.05, 0.1) is 5.60 Å². The van der Waals surface area contributed by atoms with Gasteiger partial charge in [0.1, 0.15) is 0 Å². The maximum atomic E-state index is 10.5. The van der Waals surface area contributed by atoms with Crippen molar-refractivity contribution in [1.82, 2.24) is 5.06 Å². The molecule has 1 N–H and O–H groups in total. The molecule has 0 spiro atoms. The molecule has 78 valence electrons. The number of aliphatic hydroxyl groups excluding tert-OH is 1. The average Bonchev–Trinajstić information content (AvgIpc) is 2.01. The number of rotatable bonds is 6. The van der Waals surface area contributed by atoms with E-state index in [1.807, 2.05) is 20.8 Å². The van der Waals surface area contributed by atoms with Crippen molar-refractivity contribution in [2.24, 2.45) is 0 Å². The SMILES string of the molecule is CC(C)(C)ON(C=O)CCCCO. The Bertz CT molecular complexity index is 142. The van der Waals surface area contributed by atoms with Crippen molar-refractivity contribution in [3.63, 3.8) is 0 Å². The van der Waals surface area contributed by atoms with Gasteiger partial charge in [-0.1, -0.05) is 0 Å². The molecule has 0 radical (unpaired) electrons. The summed E-state index contributed by atoms with van der Waals surface area (Å²) in [7, 11) is 0. The molecule has 0 aromatic rings. The Morgan fingerprint density at radius 1 is 1.38 bits per heavy atom. The summed E-state index contributed by atoms with van der Waals surface area (Å²) < 4.78 is 0. The molecule has 0 fully saturated rings. The van der Waals surface area contributed by atoms with Crippen LogP contribution in [0.25, 0.3) is 0 Å². The molecule has 4 nitrogen and oxygen atoms in total. The van der Waals surface area contributed by atoms with Gasteiger partial charge in [0.2, 0.25) is 6.41 Å². The summed E-state index contributed by atoms with van der Waals surface area (Å²) >= 11 is 0. The molecular formula is C9H19NO3. The molecule has 0 rings (SSSR count). The van der Waals surface area contributed by atoms with Crippen LogP contribution in [-0.4, -0.2) is 35.3 Å². The minimum absolute atomic E-state index is 0.155. The summed E-state index contributed by atoms with van der Waals surface area (Å²) in [6.07, 6.45) is 2.12. The first-order chi connectivity index (χ1) is 5.99. The minimum atomic E-state index is -0.347. The van der Waals surface area contributed by atoms with Crippen LogP contribution in [0.4, 0.5) is 0 Å². The first-order valence-corrected chi connectivity index (χ1v) is 4.51. The predicted octanol–water partition coefficient (Wildman–Crippen LogP) is 0.947. The van der Waals surface area contributed by atoms with E-state index in [1.54, 1.807) is 0 Å². The van der Waals surface area contributed by atoms with Gasteiger partial charge >= 0.3 is 0 Å². The maximum Gasteiger partial charge on any atom is 0.233 e. The predicted molar refractivity (Wildman–Crippen MR) is 49.9 cm³/mol. The van der Waals surface area contributed by atoms with E-state index >= 15 is 0 Å². The quantitative estimate of drug-likeness (QED) is 0.384. The van der Waals surface area contributed by atoms with Crippen molar-refractivity contribution in [3.8, 4) is 0 Å². The number of hydroxylamine groups is 2. The number of aliphatic hydroxyl groups is 1. The lowest BCUT2D eigenvalue weighted by molar-refractivity contribution is -0.216. The van der Waals surface area contributed by atoms with Crippen molar-refractivity contribution in [2.45, 2.75) is 39.2 Å². The van der Waals surface area contributed by atoms with E-state index in [0.29, 0.717) is 19.4 Å². The summed E-state index contributed by atoms with van der Waals surface area (Å²) in [5.74, 6) is 0. The lowest BCUT2D eigenvalue weighted by atomic mass is 10.2. The molecule has 13 heavy (non-hydrogen) atoms. The van der Waals surface area contributed by atoms with Gasteiger partial charge in [-0.25, -0.2) is 5.06 Å². The normalized spacial score (nSPS) is 11.4. The van der Waals surface area contributed by atoms with Gasteiger partial charge in [0.25, 0.3) is 0 Å². The summed E-state index contributed by atoms with van der Waals surface area (Å²) in [5, 5.41) is 9.81. The van der Waals surface area contributed by atoms with Crippen LogP contribution in [0.3, 0.4) is 0 Å². The van der Waals surface area contributed by atoms with Crippen LogP contribution < -0.4 is 0 Å². The molecule has 0 aromatic carbocycles. The Morgan fingerprint density at radius 2 is 2.00 bits per heavy atom. The number of amides is 1. The highest BCUT2D eigenvalue weighted by molar-refractivity contribution is 5.44. The van der Waals surface area contributed by atoms with Crippen LogP contribution in [-0.2, 0) is 9.63 Å². The van der Waals surface area contributed by atoms with E-state index in [1.165, 1.54) is 5.06 Å². The van der Waals surface area contributed by atoms with E-state index < -0.39 is 0 Å². The zero-order valence-electron chi connectivity index (χ0n) is 8.62. The Balaban J connectivity index is 3.70. The van der Waals surface area contributed by atoms with E-state index in [4.69, 9.17) is 9.94 Å². The monoisotopic (exact) mass is 189 g/mol. The van der Waals surface area contributed by atoms with Gasteiger partial charge in [0.15, 0.2) is 0 Å². The smallest absolute Gasteiger partial charge is 0.233 e. The number of nitrogens with zero attached hydrogens (tertiary/aromatic N) is 1. The molecule has 0 bridgehead atoms. The molecule has 0 saturated carbocycles. The molecule has 0 aliphatic rings. The third kappa shape index (κ3) is 7.74. The minimum Gasteiger partial charge on any atom is -0.396 e. The zero-order valence-corrected chi connectivity index (χ0v) is 8.62. The Morgan fingerprint density at radius 3 is 2.38 bits per heavy atom. The van der Waals surface area contributed by atoms with Gasteiger partial charge in [-0.3, -0.25) is 9.63 Å². The van der Waals surface area contributed by atoms with Crippen LogP contribution in [0.15, 0.2) is 0 Å². The molecule has 0 saturated heterocycles. The Kier molecular flexibility index (Phi) is 5.66. The summed E-state index contributed by atoms with van der Waals surface area (Å²) in [5.41, 5.74) is -0.347.